The number of aliphatic hydroxyl groups excluding tert-OH is 1. The first-order chi connectivity index (χ1) is 7.34. The SMILES string of the molecule is CN(/N=C/CCCCO)c1ccccc1. The van der Waals surface area contributed by atoms with Crippen LogP contribution < -0.4 is 5.01 Å². The second-order valence-electron chi connectivity index (χ2n) is 3.38. The molecule has 0 bridgehead atoms. The van der Waals surface area contributed by atoms with Crippen molar-refractivity contribution < 1.29 is 5.11 Å². The zero-order valence-electron chi connectivity index (χ0n) is 9.13. The summed E-state index contributed by atoms with van der Waals surface area (Å²) in [5.41, 5.74) is 1.08. The lowest BCUT2D eigenvalue weighted by Gasteiger charge is -2.11. The van der Waals surface area contributed by atoms with Gasteiger partial charge in [-0.1, -0.05) is 18.2 Å². The number of para-hydroxylation sites is 1. The van der Waals surface area contributed by atoms with Crippen LogP contribution in [0.3, 0.4) is 0 Å². The second kappa shape index (κ2) is 7.01. The number of hydrogen-bond acceptors (Lipinski definition) is 3. The lowest BCUT2D eigenvalue weighted by atomic mass is 10.2. The molecule has 0 unspecified atom stereocenters. The first-order valence-corrected chi connectivity index (χ1v) is 5.26. The molecule has 0 heterocycles. The van der Waals surface area contributed by atoms with Gasteiger partial charge in [0.05, 0.1) is 5.69 Å². The Kier molecular flexibility index (Phi) is 5.48. The highest BCUT2D eigenvalue weighted by Gasteiger charge is 1.94. The molecular formula is C12H18N2O. The topological polar surface area (TPSA) is 35.8 Å². The molecule has 0 amide bonds. The van der Waals surface area contributed by atoms with E-state index >= 15 is 0 Å². The van der Waals surface area contributed by atoms with Crippen molar-refractivity contribution in [2.24, 2.45) is 5.10 Å². The molecule has 0 aliphatic heterocycles. The van der Waals surface area contributed by atoms with Gasteiger partial charge in [-0.2, -0.15) is 5.10 Å². The van der Waals surface area contributed by atoms with Crippen molar-refractivity contribution >= 4 is 11.9 Å². The van der Waals surface area contributed by atoms with Crippen molar-refractivity contribution in [2.45, 2.75) is 19.3 Å². The highest BCUT2D eigenvalue weighted by molar-refractivity contribution is 5.60. The molecule has 1 rings (SSSR count). The van der Waals surface area contributed by atoms with Gasteiger partial charge in [-0.3, -0.25) is 5.01 Å². The van der Waals surface area contributed by atoms with E-state index in [4.69, 9.17) is 5.11 Å². The Balaban J connectivity index is 2.32. The molecule has 0 radical (unpaired) electrons. The van der Waals surface area contributed by atoms with E-state index in [-0.39, 0.29) is 6.61 Å². The molecule has 0 saturated heterocycles. The molecule has 0 atom stereocenters. The summed E-state index contributed by atoms with van der Waals surface area (Å²) in [6, 6.07) is 10.0. The zero-order valence-corrected chi connectivity index (χ0v) is 9.13. The number of hydrazone groups is 1. The van der Waals surface area contributed by atoms with Crippen LogP contribution in [0.1, 0.15) is 19.3 Å². The Bertz CT molecular complexity index is 285. The first kappa shape index (κ1) is 11.7. The van der Waals surface area contributed by atoms with E-state index in [1.807, 2.05) is 48.6 Å². The molecule has 0 spiro atoms. The number of hydrogen-bond donors (Lipinski definition) is 1. The molecule has 82 valence electrons. The Hall–Kier alpha value is -1.35. The van der Waals surface area contributed by atoms with E-state index in [1.54, 1.807) is 0 Å². The van der Waals surface area contributed by atoms with E-state index in [9.17, 15) is 0 Å². The molecule has 0 aliphatic carbocycles. The van der Waals surface area contributed by atoms with Crippen LogP contribution >= 0.6 is 0 Å². The molecule has 0 saturated carbocycles. The third-order valence-electron chi connectivity index (χ3n) is 2.13. The summed E-state index contributed by atoms with van der Waals surface area (Å²) >= 11 is 0. The molecule has 0 aliphatic rings. The molecular weight excluding hydrogens is 188 g/mol. The van der Waals surface area contributed by atoms with Crippen LogP contribution in [0, 0.1) is 0 Å². The maximum absolute atomic E-state index is 8.60. The largest absolute Gasteiger partial charge is 0.396 e. The summed E-state index contributed by atoms with van der Waals surface area (Å²) < 4.78 is 0. The van der Waals surface area contributed by atoms with Gasteiger partial charge in [-0.25, -0.2) is 0 Å². The average Bonchev–Trinajstić information content (AvgIpc) is 2.30. The van der Waals surface area contributed by atoms with Gasteiger partial charge in [0.2, 0.25) is 0 Å². The fourth-order valence-corrected chi connectivity index (χ4v) is 1.24. The lowest BCUT2D eigenvalue weighted by molar-refractivity contribution is 0.286. The van der Waals surface area contributed by atoms with Gasteiger partial charge in [0.1, 0.15) is 0 Å². The third kappa shape index (κ3) is 4.61. The van der Waals surface area contributed by atoms with E-state index in [0.29, 0.717) is 0 Å². The summed E-state index contributed by atoms with van der Waals surface area (Å²) in [4.78, 5) is 0. The highest BCUT2D eigenvalue weighted by atomic mass is 16.2. The number of benzene rings is 1. The zero-order chi connectivity index (χ0) is 10.9. The summed E-state index contributed by atoms with van der Waals surface area (Å²) in [7, 11) is 1.93. The van der Waals surface area contributed by atoms with Crippen LogP contribution in [0.25, 0.3) is 0 Å². The monoisotopic (exact) mass is 206 g/mol. The average molecular weight is 206 g/mol. The van der Waals surface area contributed by atoms with Crippen LogP contribution in [0.5, 0.6) is 0 Å². The predicted molar refractivity (Wildman–Crippen MR) is 64.3 cm³/mol. The number of anilines is 1. The van der Waals surface area contributed by atoms with Crippen molar-refractivity contribution in [3.05, 3.63) is 30.3 Å². The summed E-state index contributed by atoms with van der Waals surface area (Å²) in [5.74, 6) is 0. The van der Waals surface area contributed by atoms with Gasteiger partial charge >= 0.3 is 0 Å². The molecule has 1 N–H and O–H groups in total. The van der Waals surface area contributed by atoms with E-state index in [1.165, 1.54) is 0 Å². The summed E-state index contributed by atoms with van der Waals surface area (Å²) in [6.07, 6.45) is 4.64. The highest BCUT2D eigenvalue weighted by Crippen LogP contribution is 2.10. The van der Waals surface area contributed by atoms with Gasteiger partial charge in [0.25, 0.3) is 0 Å². The minimum atomic E-state index is 0.266. The maximum atomic E-state index is 8.60. The van der Waals surface area contributed by atoms with Crippen LogP contribution in [-0.4, -0.2) is 25.0 Å². The third-order valence-corrected chi connectivity index (χ3v) is 2.13. The van der Waals surface area contributed by atoms with Crippen molar-refractivity contribution in [1.29, 1.82) is 0 Å². The Morgan fingerprint density at radius 1 is 1.27 bits per heavy atom. The fourth-order valence-electron chi connectivity index (χ4n) is 1.24. The summed E-state index contributed by atoms with van der Waals surface area (Å²) in [6.45, 7) is 0.266. The van der Waals surface area contributed by atoms with Crippen LogP contribution in [-0.2, 0) is 0 Å². The smallest absolute Gasteiger partial charge is 0.0590 e. The Morgan fingerprint density at radius 2 is 2.00 bits per heavy atom. The summed E-state index contributed by atoms with van der Waals surface area (Å²) in [5, 5.41) is 14.7. The number of nitrogens with zero attached hydrogens (tertiary/aromatic N) is 2. The quantitative estimate of drug-likeness (QED) is 0.440. The number of unbranched alkanes of at least 4 members (excludes halogenated alkanes) is 2. The minimum Gasteiger partial charge on any atom is -0.396 e. The normalized spacial score (nSPS) is 10.8. The van der Waals surface area contributed by atoms with Crippen LogP contribution in [0.2, 0.25) is 0 Å². The molecule has 0 aromatic heterocycles. The Morgan fingerprint density at radius 3 is 2.67 bits per heavy atom. The first-order valence-electron chi connectivity index (χ1n) is 5.26. The molecule has 1 aromatic carbocycles. The standard InChI is InChI=1S/C12H18N2O/c1-14(12-8-4-2-5-9-12)13-10-6-3-7-11-15/h2,4-5,8-10,15H,3,6-7,11H2,1H3/b13-10+. The van der Waals surface area contributed by atoms with Crippen LogP contribution in [0.4, 0.5) is 5.69 Å². The van der Waals surface area contributed by atoms with Crippen molar-refractivity contribution in [1.82, 2.24) is 0 Å². The van der Waals surface area contributed by atoms with Crippen LogP contribution in [0.15, 0.2) is 35.4 Å². The minimum absolute atomic E-state index is 0.266. The molecule has 3 heteroatoms. The predicted octanol–water partition coefficient (Wildman–Crippen LogP) is 2.27. The maximum Gasteiger partial charge on any atom is 0.0590 e. The van der Waals surface area contributed by atoms with Crippen molar-refractivity contribution in [3.63, 3.8) is 0 Å². The lowest BCUT2D eigenvalue weighted by Crippen LogP contribution is -2.08. The van der Waals surface area contributed by atoms with Gasteiger partial charge in [0, 0.05) is 19.9 Å². The van der Waals surface area contributed by atoms with Gasteiger partial charge < -0.3 is 5.11 Å². The van der Waals surface area contributed by atoms with E-state index in [0.717, 1.165) is 24.9 Å². The molecule has 15 heavy (non-hydrogen) atoms. The van der Waals surface area contributed by atoms with E-state index in [2.05, 4.69) is 5.10 Å². The second-order valence-corrected chi connectivity index (χ2v) is 3.38. The van der Waals surface area contributed by atoms with Gasteiger partial charge in [0.15, 0.2) is 0 Å². The Labute approximate surface area is 91.0 Å². The van der Waals surface area contributed by atoms with Gasteiger partial charge in [-0.15, -0.1) is 0 Å². The fraction of sp³-hybridized carbons (Fsp3) is 0.417. The molecule has 1 aromatic rings. The number of aliphatic hydroxyl groups is 1. The van der Waals surface area contributed by atoms with Gasteiger partial charge in [-0.05, 0) is 31.4 Å². The van der Waals surface area contributed by atoms with E-state index < -0.39 is 0 Å². The number of rotatable bonds is 6. The molecule has 3 nitrogen and oxygen atoms in total. The van der Waals surface area contributed by atoms with Crippen molar-refractivity contribution in [2.75, 3.05) is 18.7 Å². The van der Waals surface area contributed by atoms with Crippen molar-refractivity contribution in [3.8, 4) is 0 Å². The molecule has 0 fully saturated rings.